The number of aromatic nitrogens is 2. The van der Waals surface area contributed by atoms with E-state index in [9.17, 15) is 10.1 Å². The van der Waals surface area contributed by atoms with Crippen molar-refractivity contribution in [3.63, 3.8) is 0 Å². The molecule has 0 aliphatic rings. The predicted octanol–water partition coefficient (Wildman–Crippen LogP) is 2.79. The Morgan fingerprint density at radius 3 is 2.90 bits per heavy atom. The van der Waals surface area contributed by atoms with Gasteiger partial charge in [0.05, 0.1) is 4.92 Å². The minimum atomic E-state index is -0.407. The number of nitrogens with zero attached hydrogens (tertiary/aromatic N) is 3. The number of non-ortho nitro benzene ring substituents is 1. The zero-order chi connectivity index (χ0) is 15.0. The average molecular weight is 284 g/mol. The summed E-state index contributed by atoms with van der Waals surface area (Å²) < 4.78 is 7.72. The molecule has 0 atom stereocenters. The Hall–Kier alpha value is -2.76. The smallest absolute Gasteiger partial charge is 0.272 e. The number of hydrogen-bond donors (Lipinski definition) is 0. The molecule has 0 saturated heterocycles. The van der Waals surface area contributed by atoms with E-state index in [4.69, 9.17) is 4.42 Å². The molecule has 0 bridgehead atoms. The van der Waals surface area contributed by atoms with E-state index in [-0.39, 0.29) is 5.69 Å². The van der Waals surface area contributed by atoms with Crippen LogP contribution >= 0.6 is 0 Å². The summed E-state index contributed by atoms with van der Waals surface area (Å²) in [6.45, 7) is 1.93. The highest BCUT2D eigenvalue weighted by molar-refractivity contribution is 5.81. The van der Waals surface area contributed by atoms with Crippen LogP contribution in [0.1, 0.15) is 12.5 Å². The second-order valence-corrected chi connectivity index (χ2v) is 4.84. The molecule has 21 heavy (non-hydrogen) atoms. The average Bonchev–Trinajstić information content (AvgIpc) is 2.90. The molecule has 3 aromatic rings. The lowest BCUT2D eigenvalue weighted by Crippen LogP contribution is -2.26. The van der Waals surface area contributed by atoms with Gasteiger partial charge < -0.3 is 4.42 Å². The first-order valence-corrected chi connectivity index (χ1v) is 6.62. The molecule has 2 heterocycles. The third-order valence-electron chi connectivity index (χ3n) is 3.33. The van der Waals surface area contributed by atoms with Gasteiger partial charge in [-0.25, -0.2) is 9.55 Å². The van der Waals surface area contributed by atoms with Gasteiger partial charge in [-0.15, -0.1) is 0 Å². The van der Waals surface area contributed by atoms with Crippen LogP contribution in [0.2, 0.25) is 0 Å². The first-order valence-electron chi connectivity index (χ1n) is 6.62. The zero-order valence-electron chi connectivity index (χ0n) is 11.7. The predicted molar refractivity (Wildman–Crippen MR) is 76.7 cm³/mol. The van der Waals surface area contributed by atoms with Crippen LogP contribution < -0.4 is 4.57 Å². The Kier molecular flexibility index (Phi) is 3.13. The summed E-state index contributed by atoms with van der Waals surface area (Å²) in [6, 6.07) is 6.78. The van der Waals surface area contributed by atoms with Crippen molar-refractivity contribution in [1.82, 2.24) is 4.98 Å². The van der Waals surface area contributed by atoms with Crippen molar-refractivity contribution in [2.75, 3.05) is 0 Å². The number of nitro groups is 1. The van der Waals surface area contributed by atoms with E-state index in [0.717, 1.165) is 11.1 Å². The fraction of sp³-hybridized carbons (Fsp3) is 0.200. The van der Waals surface area contributed by atoms with Crippen molar-refractivity contribution in [1.29, 1.82) is 0 Å². The lowest BCUT2D eigenvalue weighted by Gasteiger charge is -1.97. The SMILES string of the molecule is CCc1cc([N+](=O)[O-])cc2nc(-c3ccc[n+](C)c3)oc12. The highest BCUT2D eigenvalue weighted by Crippen LogP contribution is 2.29. The maximum absolute atomic E-state index is 11.0. The molecule has 0 aliphatic heterocycles. The van der Waals surface area contributed by atoms with Crippen LogP contribution in [0.4, 0.5) is 5.69 Å². The quantitative estimate of drug-likeness (QED) is 0.421. The number of oxazole rings is 1. The van der Waals surface area contributed by atoms with Gasteiger partial charge in [0.1, 0.15) is 18.1 Å². The Balaban J connectivity index is 2.21. The second kappa shape index (κ2) is 4.97. The molecule has 6 nitrogen and oxygen atoms in total. The van der Waals surface area contributed by atoms with Gasteiger partial charge in [0.15, 0.2) is 18.0 Å². The molecule has 106 valence electrons. The third-order valence-corrected chi connectivity index (χ3v) is 3.33. The highest BCUT2D eigenvalue weighted by atomic mass is 16.6. The van der Waals surface area contributed by atoms with Crippen LogP contribution in [0.25, 0.3) is 22.6 Å². The van der Waals surface area contributed by atoms with Gasteiger partial charge in [0, 0.05) is 23.8 Å². The van der Waals surface area contributed by atoms with E-state index in [1.54, 1.807) is 6.07 Å². The monoisotopic (exact) mass is 284 g/mol. The van der Waals surface area contributed by atoms with Crippen molar-refractivity contribution in [2.24, 2.45) is 7.05 Å². The Morgan fingerprint density at radius 2 is 2.24 bits per heavy atom. The number of rotatable bonds is 3. The zero-order valence-corrected chi connectivity index (χ0v) is 11.7. The van der Waals surface area contributed by atoms with Gasteiger partial charge in [-0.2, -0.15) is 0 Å². The molecule has 0 amide bonds. The number of pyridine rings is 1. The fourth-order valence-corrected chi connectivity index (χ4v) is 2.29. The fourth-order valence-electron chi connectivity index (χ4n) is 2.29. The van der Waals surface area contributed by atoms with E-state index >= 15 is 0 Å². The first kappa shape index (κ1) is 13.2. The molecule has 6 heteroatoms. The summed E-state index contributed by atoms with van der Waals surface area (Å²) >= 11 is 0. The first-order chi connectivity index (χ1) is 10.1. The number of fused-ring (bicyclic) bond motifs is 1. The van der Waals surface area contributed by atoms with Gasteiger partial charge >= 0.3 is 0 Å². The van der Waals surface area contributed by atoms with Crippen LogP contribution in [0.3, 0.4) is 0 Å². The Labute approximate surface area is 120 Å². The molecular formula is C15H14N3O3+. The van der Waals surface area contributed by atoms with Crippen LogP contribution in [0, 0.1) is 10.1 Å². The van der Waals surface area contributed by atoms with Crippen molar-refractivity contribution in [3.8, 4) is 11.5 Å². The number of aryl methyl sites for hydroxylation is 2. The summed E-state index contributed by atoms with van der Waals surface area (Å²) in [5.74, 6) is 0.469. The van der Waals surface area contributed by atoms with E-state index in [1.807, 2.05) is 43.1 Å². The summed E-state index contributed by atoms with van der Waals surface area (Å²) in [5.41, 5.74) is 2.80. The van der Waals surface area contributed by atoms with Crippen molar-refractivity contribution in [3.05, 3.63) is 52.3 Å². The molecule has 0 saturated carbocycles. The maximum Gasteiger partial charge on any atom is 0.272 e. The molecule has 0 N–H and O–H groups in total. The van der Waals surface area contributed by atoms with E-state index in [0.29, 0.717) is 23.4 Å². The molecule has 0 unspecified atom stereocenters. The van der Waals surface area contributed by atoms with Crippen molar-refractivity contribution in [2.45, 2.75) is 13.3 Å². The molecule has 1 aromatic carbocycles. The number of benzene rings is 1. The Bertz CT molecular complexity index is 839. The minimum Gasteiger partial charge on any atom is -0.436 e. The highest BCUT2D eigenvalue weighted by Gasteiger charge is 2.17. The summed E-state index contributed by atoms with van der Waals surface area (Å²) in [7, 11) is 1.91. The molecule has 0 aliphatic carbocycles. The van der Waals surface area contributed by atoms with E-state index in [1.165, 1.54) is 6.07 Å². The summed E-state index contributed by atoms with van der Waals surface area (Å²) in [5, 5.41) is 11.0. The van der Waals surface area contributed by atoms with Crippen LogP contribution in [-0.4, -0.2) is 9.91 Å². The van der Waals surface area contributed by atoms with Crippen molar-refractivity contribution >= 4 is 16.8 Å². The molecule has 3 rings (SSSR count). The van der Waals surface area contributed by atoms with Gasteiger partial charge in [-0.3, -0.25) is 10.1 Å². The van der Waals surface area contributed by atoms with Crippen LogP contribution in [-0.2, 0) is 13.5 Å². The van der Waals surface area contributed by atoms with Gasteiger partial charge in [0.25, 0.3) is 5.69 Å². The Morgan fingerprint density at radius 1 is 1.43 bits per heavy atom. The van der Waals surface area contributed by atoms with Crippen LogP contribution in [0.5, 0.6) is 0 Å². The maximum atomic E-state index is 11.0. The third kappa shape index (κ3) is 2.35. The molecule has 2 aromatic heterocycles. The summed E-state index contributed by atoms with van der Waals surface area (Å²) in [6.07, 6.45) is 4.45. The standard InChI is InChI=1S/C15H14N3O3/c1-3-10-7-12(18(19)20)8-13-14(10)21-15(16-13)11-5-4-6-17(2)9-11/h4-9H,3H2,1-2H3/q+1. The topological polar surface area (TPSA) is 73.1 Å². The molecule has 0 fully saturated rings. The normalized spacial score (nSPS) is 11.0. The molecule has 0 spiro atoms. The van der Waals surface area contributed by atoms with E-state index in [2.05, 4.69) is 4.98 Å². The van der Waals surface area contributed by atoms with Gasteiger partial charge in [-0.1, -0.05) is 6.92 Å². The lowest BCUT2D eigenvalue weighted by atomic mass is 10.1. The van der Waals surface area contributed by atoms with Gasteiger partial charge in [0.2, 0.25) is 5.89 Å². The number of hydrogen-bond acceptors (Lipinski definition) is 4. The molecular weight excluding hydrogens is 270 g/mol. The van der Waals surface area contributed by atoms with Crippen molar-refractivity contribution < 1.29 is 13.9 Å². The minimum absolute atomic E-state index is 0.0396. The second-order valence-electron chi connectivity index (χ2n) is 4.84. The lowest BCUT2D eigenvalue weighted by molar-refractivity contribution is -0.671. The van der Waals surface area contributed by atoms with Crippen LogP contribution in [0.15, 0.2) is 41.1 Å². The van der Waals surface area contributed by atoms with E-state index < -0.39 is 4.92 Å². The summed E-state index contributed by atoms with van der Waals surface area (Å²) in [4.78, 5) is 15.0. The molecule has 0 radical (unpaired) electrons. The largest absolute Gasteiger partial charge is 0.436 e. The van der Waals surface area contributed by atoms with Gasteiger partial charge in [-0.05, 0) is 12.5 Å². The number of nitro benzene ring substituents is 1.